The van der Waals surface area contributed by atoms with Gasteiger partial charge in [0, 0.05) is 12.8 Å². The number of carbonyl (C=O) groups is 3. The van der Waals surface area contributed by atoms with Crippen LogP contribution in [0, 0.1) is 0 Å². The van der Waals surface area contributed by atoms with E-state index in [1.807, 2.05) is 0 Å². The first-order valence-electron chi connectivity index (χ1n) is 17.0. The molecule has 0 aromatic carbocycles. The zero-order chi connectivity index (χ0) is 30.2. The smallest absolute Gasteiger partial charge is 0.322 e. The molecule has 0 bridgehead atoms. The van der Waals surface area contributed by atoms with Crippen LogP contribution in [0.25, 0.3) is 0 Å². The molecule has 0 aliphatic rings. The van der Waals surface area contributed by atoms with Gasteiger partial charge in [0.1, 0.15) is 12.6 Å². The third-order valence-corrected chi connectivity index (χ3v) is 7.36. The second-order valence-corrected chi connectivity index (χ2v) is 11.4. The number of rotatable bonds is 30. The third kappa shape index (κ3) is 30.7. The Morgan fingerprint density at radius 1 is 0.659 bits per heavy atom. The molecule has 0 saturated carbocycles. The maximum Gasteiger partial charge on any atom is 0.322 e. The first kappa shape index (κ1) is 38.9. The number of allylic oxidation sites excluding steroid dienone is 3. The van der Waals surface area contributed by atoms with E-state index in [9.17, 15) is 14.4 Å². The Balaban J connectivity index is 4.26. The molecule has 6 nitrogen and oxygen atoms in total. The van der Waals surface area contributed by atoms with Gasteiger partial charge in [-0.1, -0.05) is 128 Å². The van der Waals surface area contributed by atoms with Crippen molar-refractivity contribution >= 4 is 17.8 Å². The summed E-state index contributed by atoms with van der Waals surface area (Å²) in [6, 6.07) is 0. The van der Waals surface area contributed by atoms with Crippen LogP contribution in [0.2, 0.25) is 0 Å². The van der Waals surface area contributed by atoms with Crippen LogP contribution in [-0.4, -0.2) is 35.6 Å². The number of nitrogens with one attached hydrogen (secondary N) is 1. The first-order valence-corrected chi connectivity index (χ1v) is 17.0. The first-order chi connectivity index (χ1) is 20.0. The second kappa shape index (κ2) is 30.8. The monoisotopic (exact) mass is 577 g/mol. The zero-order valence-electron chi connectivity index (χ0n) is 26.6. The van der Waals surface area contributed by atoms with Gasteiger partial charge in [-0.25, -0.2) is 0 Å². The lowest BCUT2D eigenvalue weighted by Crippen LogP contribution is -2.28. The summed E-state index contributed by atoms with van der Waals surface area (Å²) in [5.41, 5.74) is 0. The molecule has 1 unspecified atom stereocenters. The van der Waals surface area contributed by atoms with Gasteiger partial charge < -0.3 is 15.2 Å². The minimum atomic E-state index is -1.02. The number of amides is 1. The van der Waals surface area contributed by atoms with Crippen LogP contribution in [0.15, 0.2) is 24.3 Å². The number of aliphatic carboxylic acids is 1. The number of esters is 1. The summed E-state index contributed by atoms with van der Waals surface area (Å²) >= 11 is 0. The van der Waals surface area contributed by atoms with Gasteiger partial charge in [0.05, 0.1) is 0 Å². The molecule has 0 aliphatic carbocycles. The van der Waals surface area contributed by atoms with Crippen molar-refractivity contribution in [3.05, 3.63) is 24.3 Å². The predicted molar refractivity (Wildman–Crippen MR) is 171 cm³/mol. The van der Waals surface area contributed by atoms with Gasteiger partial charge in [-0.05, 0) is 51.0 Å². The van der Waals surface area contributed by atoms with Crippen molar-refractivity contribution in [3.63, 3.8) is 0 Å². The van der Waals surface area contributed by atoms with Crippen molar-refractivity contribution in [2.45, 2.75) is 174 Å². The van der Waals surface area contributed by atoms with Crippen LogP contribution in [0.5, 0.6) is 0 Å². The van der Waals surface area contributed by atoms with Crippen LogP contribution in [0.3, 0.4) is 0 Å². The molecule has 6 heteroatoms. The van der Waals surface area contributed by atoms with Crippen LogP contribution in [0.4, 0.5) is 0 Å². The number of hydrogen-bond donors (Lipinski definition) is 2. The van der Waals surface area contributed by atoms with E-state index in [0.717, 1.165) is 70.6 Å². The molecule has 2 N–H and O–H groups in total. The number of hydrogen-bond acceptors (Lipinski definition) is 4. The fraction of sp³-hybridized carbons (Fsp3) is 0.800. The fourth-order valence-electron chi connectivity index (χ4n) is 4.81. The van der Waals surface area contributed by atoms with Crippen molar-refractivity contribution in [2.24, 2.45) is 0 Å². The quantitative estimate of drug-likeness (QED) is 0.0504. The lowest BCUT2D eigenvalue weighted by Gasteiger charge is -2.14. The Morgan fingerprint density at radius 3 is 1.80 bits per heavy atom. The van der Waals surface area contributed by atoms with Gasteiger partial charge in [0.25, 0.3) is 0 Å². The lowest BCUT2D eigenvalue weighted by molar-refractivity contribution is -0.147. The van der Waals surface area contributed by atoms with E-state index in [-0.39, 0.29) is 24.5 Å². The van der Waals surface area contributed by atoms with Crippen molar-refractivity contribution in [1.82, 2.24) is 5.32 Å². The van der Waals surface area contributed by atoms with E-state index < -0.39 is 5.97 Å². The molecule has 0 heterocycles. The summed E-state index contributed by atoms with van der Waals surface area (Å²) in [5.74, 6) is -1.29. The topological polar surface area (TPSA) is 92.7 Å². The predicted octanol–water partition coefficient (Wildman–Crippen LogP) is 9.61. The van der Waals surface area contributed by atoms with Crippen LogP contribution < -0.4 is 5.32 Å². The molecular weight excluding hydrogens is 514 g/mol. The molecule has 0 aromatic heterocycles. The molecular formula is C35H63NO5. The summed E-state index contributed by atoms with van der Waals surface area (Å²) in [7, 11) is 0. The van der Waals surface area contributed by atoms with Crippen molar-refractivity contribution in [3.8, 4) is 0 Å². The number of carboxylic acids is 1. The maximum atomic E-state index is 12.5. The number of unbranched alkanes of at least 4 members (excludes halogenated alkanes) is 17. The standard InChI is InChI=1S/C35H63NO5/c1-3-5-7-9-11-13-15-19-23-27-32(41-35(40)30-26-22-16-14-12-10-8-6-4-2)28-24-20-17-18-21-25-29-33(37)36-31-34(38)39/h13,15,23,27,32H,3-12,14,16-22,24-26,28-31H2,1-2H3,(H,36,37)(H,38,39)/b15-13-,27-23-. The Hall–Kier alpha value is -2.11. The van der Waals surface area contributed by atoms with E-state index in [1.165, 1.54) is 70.6 Å². The number of ether oxygens (including phenoxy) is 1. The lowest BCUT2D eigenvalue weighted by atomic mass is 10.1. The molecule has 1 amide bonds. The summed E-state index contributed by atoms with van der Waals surface area (Å²) in [5, 5.41) is 11.0. The maximum absolute atomic E-state index is 12.5. The van der Waals surface area contributed by atoms with Crippen LogP contribution in [-0.2, 0) is 19.1 Å². The van der Waals surface area contributed by atoms with Crippen molar-refractivity contribution in [1.29, 1.82) is 0 Å². The van der Waals surface area contributed by atoms with Gasteiger partial charge in [-0.15, -0.1) is 0 Å². The average Bonchev–Trinajstić information content (AvgIpc) is 2.95. The number of carboxylic acid groups (broad SMARTS) is 1. The van der Waals surface area contributed by atoms with Gasteiger partial charge in [0.15, 0.2) is 0 Å². The summed E-state index contributed by atoms with van der Waals surface area (Å²) < 4.78 is 5.87. The molecule has 0 radical (unpaired) electrons. The van der Waals surface area contributed by atoms with Crippen LogP contribution >= 0.6 is 0 Å². The Kier molecular flexibility index (Phi) is 29.3. The van der Waals surface area contributed by atoms with Crippen LogP contribution in [0.1, 0.15) is 168 Å². The Labute approximate surface area is 252 Å². The molecule has 0 saturated heterocycles. The molecule has 0 aliphatic heterocycles. The van der Waals surface area contributed by atoms with Gasteiger partial charge in [-0.2, -0.15) is 0 Å². The van der Waals surface area contributed by atoms with E-state index in [1.54, 1.807) is 0 Å². The molecule has 0 spiro atoms. The van der Waals surface area contributed by atoms with E-state index in [4.69, 9.17) is 9.84 Å². The minimum absolute atomic E-state index is 0.0739. The molecule has 0 fully saturated rings. The van der Waals surface area contributed by atoms with E-state index in [0.29, 0.717) is 12.8 Å². The second-order valence-electron chi connectivity index (χ2n) is 11.4. The SMILES string of the molecule is CCCCCC/C=C\C/C=C\C(CCCCCCCCC(=O)NCC(=O)O)OC(=O)CCCCCCCCCCC. The Morgan fingerprint density at radius 2 is 1.20 bits per heavy atom. The highest BCUT2D eigenvalue weighted by atomic mass is 16.5. The van der Waals surface area contributed by atoms with Crippen molar-refractivity contribution < 1.29 is 24.2 Å². The third-order valence-electron chi connectivity index (χ3n) is 7.36. The normalized spacial score (nSPS) is 12.2. The fourth-order valence-corrected chi connectivity index (χ4v) is 4.81. The van der Waals surface area contributed by atoms with Gasteiger partial charge in [-0.3, -0.25) is 14.4 Å². The molecule has 0 rings (SSSR count). The van der Waals surface area contributed by atoms with Crippen molar-refractivity contribution in [2.75, 3.05) is 6.54 Å². The molecule has 0 aromatic rings. The Bertz CT molecular complexity index is 688. The summed E-state index contributed by atoms with van der Waals surface area (Å²) in [4.78, 5) is 34.6. The molecule has 1 atom stereocenters. The highest BCUT2D eigenvalue weighted by Gasteiger charge is 2.11. The molecule has 238 valence electrons. The highest BCUT2D eigenvalue weighted by molar-refractivity contribution is 5.80. The molecule has 41 heavy (non-hydrogen) atoms. The van der Waals surface area contributed by atoms with Gasteiger partial charge >= 0.3 is 11.9 Å². The van der Waals surface area contributed by atoms with Gasteiger partial charge in [0.2, 0.25) is 5.91 Å². The van der Waals surface area contributed by atoms with E-state index >= 15 is 0 Å². The summed E-state index contributed by atoms with van der Waals surface area (Å²) in [6.07, 6.45) is 34.5. The zero-order valence-corrected chi connectivity index (χ0v) is 26.6. The van der Waals surface area contributed by atoms with E-state index in [2.05, 4.69) is 43.5 Å². The average molecular weight is 578 g/mol. The highest BCUT2D eigenvalue weighted by Crippen LogP contribution is 2.15. The minimum Gasteiger partial charge on any atom is -0.480 e. The largest absolute Gasteiger partial charge is 0.480 e. The number of carbonyl (C=O) groups excluding carboxylic acids is 2. The summed E-state index contributed by atoms with van der Waals surface area (Å²) in [6.45, 7) is 4.17.